The number of anilines is 1. The highest BCUT2D eigenvalue weighted by Gasteiger charge is 2.32. The topological polar surface area (TPSA) is 97.8 Å². The fraction of sp³-hybridized carbons (Fsp3) is 0.280. The Labute approximate surface area is 199 Å². The van der Waals surface area contributed by atoms with Gasteiger partial charge in [-0.1, -0.05) is 0 Å². The predicted molar refractivity (Wildman–Crippen MR) is 128 cm³/mol. The summed E-state index contributed by atoms with van der Waals surface area (Å²) in [4.78, 5) is 16.8. The van der Waals surface area contributed by atoms with Crippen molar-refractivity contribution in [3.05, 3.63) is 73.1 Å². The van der Waals surface area contributed by atoms with Gasteiger partial charge < -0.3 is 14.8 Å². The minimum Gasteiger partial charge on any atom is -0.494 e. The molecule has 8 nitrogen and oxygen atoms in total. The van der Waals surface area contributed by atoms with Gasteiger partial charge in [0.25, 0.3) is 0 Å². The van der Waals surface area contributed by atoms with Crippen LogP contribution in [0.1, 0.15) is 19.8 Å². The van der Waals surface area contributed by atoms with E-state index < -0.39 is 10.0 Å². The highest BCUT2D eigenvalue weighted by Crippen LogP contribution is 2.27. The molecule has 1 N–H and O–H groups in total. The Morgan fingerprint density at radius 3 is 2.21 bits per heavy atom. The maximum absolute atomic E-state index is 12.7. The maximum atomic E-state index is 12.7. The molecule has 2 heterocycles. The molecule has 0 spiro atoms. The third-order valence-electron chi connectivity index (χ3n) is 5.59. The number of hydrogen-bond acceptors (Lipinski definition) is 6. The van der Waals surface area contributed by atoms with Gasteiger partial charge in [0.15, 0.2) is 0 Å². The van der Waals surface area contributed by atoms with E-state index >= 15 is 0 Å². The average Bonchev–Trinajstić information content (AvgIpc) is 2.87. The molecule has 0 aliphatic carbocycles. The first-order chi connectivity index (χ1) is 16.5. The number of nitrogens with one attached hydrogen (secondary N) is 1. The van der Waals surface area contributed by atoms with Crippen LogP contribution in [0.2, 0.25) is 0 Å². The summed E-state index contributed by atoms with van der Waals surface area (Å²) >= 11 is 0. The number of nitrogens with zero attached hydrogens (tertiary/aromatic N) is 2. The number of carbonyl (C=O) groups is 1. The Bertz CT molecular complexity index is 1190. The first kappa shape index (κ1) is 23.7. The van der Waals surface area contributed by atoms with Gasteiger partial charge in [-0.2, -0.15) is 4.31 Å². The summed E-state index contributed by atoms with van der Waals surface area (Å²) in [6, 6.07) is 17.6. The lowest BCUT2D eigenvalue weighted by Gasteiger charge is -2.30. The van der Waals surface area contributed by atoms with Crippen LogP contribution in [0.3, 0.4) is 0 Å². The normalized spacial score (nSPS) is 15.0. The number of amides is 1. The van der Waals surface area contributed by atoms with Crippen molar-refractivity contribution in [3.63, 3.8) is 0 Å². The second kappa shape index (κ2) is 10.7. The van der Waals surface area contributed by atoms with Gasteiger partial charge in [-0.05, 0) is 80.4 Å². The summed E-state index contributed by atoms with van der Waals surface area (Å²) in [7, 11) is -3.59. The zero-order chi connectivity index (χ0) is 24.0. The number of hydrogen-bond donors (Lipinski definition) is 1. The van der Waals surface area contributed by atoms with E-state index in [1.807, 2.05) is 31.2 Å². The molecule has 0 saturated carbocycles. The number of rotatable bonds is 8. The van der Waals surface area contributed by atoms with E-state index in [-0.39, 0.29) is 16.7 Å². The van der Waals surface area contributed by atoms with Crippen molar-refractivity contribution in [2.24, 2.45) is 5.92 Å². The molecule has 0 radical (unpaired) electrons. The molecule has 0 bridgehead atoms. The average molecular weight is 482 g/mol. The van der Waals surface area contributed by atoms with Crippen molar-refractivity contribution in [2.75, 3.05) is 25.0 Å². The van der Waals surface area contributed by atoms with Crippen molar-refractivity contribution < 1.29 is 22.7 Å². The number of carbonyl (C=O) groups excluding carboxylic acids is 1. The third-order valence-corrected chi connectivity index (χ3v) is 7.47. The number of benzene rings is 2. The smallest absolute Gasteiger partial charge is 0.244 e. The molecule has 178 valence electrons. The number of aromatic nitrogens is 1. The van der Waals surface area contributed by atoms with Crippen molar-refractivity contribution >= 4 is 21.6 Å². The molecule has 1 amide bonds. The van der Waals surface area contributed by atoms with E-state index in [2.05, 4.69) is 10.3 Å². The molecule has 1 fully saturated rings. The Balaban J connectivity index is 1.29. The summed E-state index contributed by atoms with van der Waals surface area (Å²) in [6.07, 6.45) is 3.81. The summed E-state index contributed by atoms with van der Waals surface area (Å²) in [5.41, 5.74) is 0.662. The van der Waals surface area contributed by atoms with Gasteiger partial charge in [0.1, 0.15) is 22.1 Å². The minimum atomic E-state index is -3.59. The molecular formula is C25H27N3O5S. The first-order valence-electron chi connectivity index (χ1n) is 11.2. The number of piperidine rings is 1. The van der Waals surface area contributed by atoms with Crippen LogP contribution in [-0.2, 0) is 14.8 Å². The molecule has 1 aromatic heterocycles. The molecule has 1 aliphatic rings. The second-order valence-corrected chi connectivity index (χ2v) is 9.83. The third kappa shape index (κ3) is 5.73. The maximum Gasteiger partial charge on any atom is 0.244 e. The van der Waals surface area contributed by atoms with Gasteiger partial charge >= 0.3 is 0 Å². The van der Waals surface area contributed by atoms with E-state index in [9.17, 15) is 13.2 Å². The Hall–Kier alpha value is -3.43. The van der Waals surface area contributed by atoms with Gasteiger partial charge in [-0.15, -0.1) is 0 Å². The molecule has 3 aromatic rings. The van der Waals surface area contributed by atoms with E-state index in [1.54, 1.807) is 30.3 Å². The zero-order valence-corrected chi connectivity index (χ0v) is 19.7. The van der Waals surface area contributed by atoms with Gasteiger partial charge in [0.05, 0.1) is 6.61 Å². The highest BCUT2D eigenvalue weighted by molar-refractivity contribution is 7.89. The molecular weight excluding hydrogens is 454 g/mol. The van der Waals surface area contributed by atoms with Crippen molar-refractivity contribution in [3.8, 4) is 17.2 Å². The van der Waals surface area contributed by atoms with E-state index in [4.69, 9.17) is 9.47 Å². The van der Waals surface area contributed by atoms with Crippen LogP contribution in [0.15, 0.2) is 78.0 Å². The number of ether oxygens (including phenoxy) is 2. The summed E-state index contributed by atoms with van der Waals surface area (Å²) in [5, 5.41) is 2.92. The summed E-state index contributed by atoms with van der Waals surface area (Å²) in [6.45, 7) is 3.13. The lowest BCUT2D eigenvalue weighted by molar-refractivity contribution is -0.120. The molecule has 34 heavy (non-hydrogen) atoms. The molecule has 4 rings (SSSR count). The summed E-state index contributed by atoms with van der Waals surface area (Å²) < 4.78 is 38.1. The van der Waals surface area contributed by atoms with Crippen LogP contribution in [-0.4, -0.2) is 43.3 Å². The highest BCUT2D eigenvalue weighted by atomic mass is 32.2. The van der Waals surface area contributed by atoms with Crippen molar-refractivity contribution in [2.45, 2.75) is 24.7 Å². The summed E-state index contributed by atoms with van der Waals surface area (Å²) in [5.74, 6) is 1.76. The van der Waals surface area contributed by atoms with E-state index in [0.717, 1.165) is 5.75 Å². The monoisotopic (exact) mass is 481 g/mol. The second-order valence-electron chi connectivity index (χ2n) is 7.89. The van der Waals surface area contributed by atoms with Crippen LogP contribution in [0.4, 0.5) is 5.69 Å². The van der Waals surface area contributed by atoms with E-state index in [0.29, 0.717) is 49.7 Å². The Morgan fingerprint density at radius 1 is 1.00 bits per heavy atom. The van der Waals surface area contributed by atoms with Crippen molar-refractivity contribution in [1.29, 1.82) is 0 Å². The Morgan fingerprint density at radius 2 is 1.62 bits per heavy atom. The van der Waals surface area contributed by atoms with Crippen LogP contribution in [0.25, 0.3) is 0 Å². The van der Waals surface area contributed by atoms with Crippen LogP contribution >= 0.6 is 0 Å². The standard InChI is InChI=1S/C25H27N3O5S/c1-2-32-21-9-11-23(12-10-21)33-22-7-5-20(6-8-22)27-25(29)19-13-16-28(17-14-19)34(30,31)24-4-3-15-26-18-24/h3-12,15,18-19H,2,13-14,16-17H2,1H3,(H,27,29). The van der Waals surface area contributed by atoms with Crippen LogP contribution < -0.4 is 14.8 Å². The molecule has 1 saturated heterocycles. The number of sulfonamides is 1. The van der Waals surface area contributed by atoms with Gasteiger partial charge in [-0.25, -0.2) is 8.42 Å². The lowest BCUT2D eigenvalue weighted by Crippen LogP contribution is -2.41. The molecule has 1 aliphatic heterocycles. The van der Waals surface area contributed by atoms with Crippen LogP contribution in [0.5, 0.6) is 17.2 Å². The fourth-order valence-electron chi connectivity index (χ4n) is 3.76. The Kier molecular flexibility index (Phi) is 7.44. The zero-order valence-electron chi connectivity index (χ0n) is 18.9. The SMILES string of the molecule is CCOc1ccc(Oc2ccc(NC(=O)C3CCN(S(=O)(=O)c4cccnc4)CC3)cc2)cc1. The van der Waals surface area contributed by atoms with Crippen molar-refractivity contribution in [1.82, 2.24) is 9.29 Å². The van der Waals surface area contributed by atoms with Gasteiger partial charge in [0, 0.05) is 37.1 Å². The number of pyridine rings is 1. The molecule has 9 heteroatoms. The largest absolute Gasteiger partial charge is 0.494 e. The lowest BCUT2D eigenvalue weighted by atomic mass is 9.97. The van der Waals surface area contributed by atoms with Gasteiger partial charge in [0.2, 0.25) is 15.9 Å². The van der Waals surface area contributed by atoms with Gasteiger partial charge in [-0.3, -0.25) is 9.78 Å². The fourth-order valence-corrected chi connectivity index (χ4v) is 5.20. The van der Waals surface area contributed by atoms with E-state index in [1.165, 1.54) is 22.8 Å². The minimum absolute atomic E-state index is 0.112. The quantitative estimate of drug-likeness (QED) is 0.515. The predicted octanol–water partition coefficient (Wildman–Crippen LogP) is 4.31. The first-order valence-corrected chi connectivity index (χ1v) is 12.6. The van der Waals surface area contributed by atoms with Crippen LogP contribution in [0, 0.1) is 5.92 Å². The molecule has 0 unspecified atom stereocenters. The molecule has 0 atom stereocenters. The molecule has 2 aromatic carbocycles.